The van der Waals surface area contributed by atoms with Crippen LogP contribution in [0.5, 0.6) is 0 Å². The Hall–Kier alpha value is -0.840. The molecule has 4 nitrogen and oxygen atoms in total. The number of nitrogens with zero attached hydrogens (tertiary/aromatic N) is 2. The Kier molecular flexibility index (Phi) is 4.66. The SMILES string of the molecule is COC(=O)C1CN(Cc2ccc(Cl)nc2Cl)CC1C. The largest absolute Gasteiger partial charge is 0.469 e. The molecule has 0 N–H and O–H groups in total. The van der Waals surface area contributed by atoms with Gasteiger partial charge in [0.25, 0.3) is 0 Å². The van der Waals surface area contributed by atoms with Crippen LogP contribution in [0.3, 0.4) is 0 Å². The van der Waals surface area contributed by atoms with Crippen LogP contribution >= 0.6 is 23.2 Å². The molecule has 2 rings (SSSR count). The molecule has 2 heterocycles. The standard InChI is InChI=1S/C13H16Cl2N2O2/c1-8-5-17(7-10(8)13(18)19-2)6-9-3-4-11(14)16-12(9)15/h3-4,8,10H,5-7H2,1-2H3. The molecule has 0 bridgehead atoms. The van der Waals surface area contributed by atoms with Gasteiger partial charge in [-0.15, -0.1) is 0 Å². The fourth-order valence-electron chi connectivity index (χ4n) is 2.45. The topological polar surface area (TPSA) is 42.4 Å². The van der Waals surface area contributed by atoms with Crippen LogP contribution in [0.1, 0.15) is 12.5 Å². The first-order valence-corrected chi connectivity index (χ1v) is 6.88. The van der Waals surface area contributed by atoms with Gasteiger partial charge in [0, 0.05) is 25.2 Å². The van der Waals surface area contributed by atoms with Gasteiger partial charge in [0.1, 0.15) is 10.3 Å². The number of carbonyl (C=O) groups is 1. The van der Waals surface area contributed by atoms with Crippen molar-refractivity contribution in [2.24, 2.45) is 11.8 Å². The molecule has 0 saturated carbocycles. The lowest BCUT2D eigenvalue weighted by atomic mass is 9.99. The van der Waals surface area contributed by atoms with Gasteiger partial charge < -0.3 is 4.74 Å². The molecule has 1 saturated heterocycles. The molecule has 104 valence electrons. The van der Waals surface area contributed by atoms with Crippen LogP contribution in [0.15, 0.2) is 12.1 Å². The van der Waals surface area contributed by atoms with Crippen LogP contribution < -0.4 is 0 Å². The molecule has 6 heteroatoms. The molecule has 0 radical (unpaired) electrons. The average Bonchev–Trinajstić information content (AvgIpc) is 2.73. The molecule has 1 aromatic heterocycles. The predicted octanol–water partition coefficient (Wildman–Crippen LogP) is 2.63. The molecule has 1 fully saturated rings. The van der Waals surface area contributed by atoms with E-state index in [1.165, 1.54) is 7.11 Å². The third-order valence-electron chi connectivity index (χ3n) is 3.48. The number of halogens is 2. The number of ether oxygens (including phenoxy) is 1. The second kappa shape index (κ2) is 6.07. The number of aromatic nitrogens is 1. The summed E-state index contributed by atoms with van der Waals surface area (Å²) in [5.41, 5.74) is 0.920. The molecule has 1 aromatic rings. The van der Waals surface area contributed by atoms with E-state index in [1.807, 2.05) is 6.07 Å². The Bertz CT molecular complexity index is 482. The zero-order valence-corrected chi connectivity index (χ0v) is 12.4. The van der Waals surface area contributed by atoms with Crippen molar-refractivity contribution in [2.75, 3.05) is 20.2 Å². The number of methoxy groups -OCH3 is 1. The van der Waals surface area contributed by atoms with Crippen LogP contribution in [0.2, 0.25) is 10.3 Å². The van der Waals surface area contributed by atoms with Crippen LogP contribution in [-0.4, -0.2) is 36.1 Å². The van der Waals surface area contributed by atoms with Crippen LogP contribution in [0.25, 0.3) is 0 Å². The summed E-state index contributed by atoms with van der Waals surface area (Å²) in [7, 11) is 1.43. The minimum absolute atomic E-state index is 0.0657. The number of hydrogen-bond donors (Lipinski definition) is 0. The Morgan fingerprint density at radius 2 is 2.21 bits per heavy atom. The van der Waals surface area contributed by atoms with Crippen LogP contribution in [0.4, 0.5) is 0 Å². The van der Waals surface area contributed by atoms with E-state index in [1.54, 1.807) is 6.07 Å². The molecule has 0 aromatic carbocycles. The highest BCUT2D eigenvalue weighted by molar-refractivity contribution is 6.32. The summed E-state index contributed by atoms with van der Waals surface area (Å²) in [4.78, 5) is 17.8. The lowest BCUT2D eigenvalue weighted by molar-refractivity contribution is -0.146. The Labute approximate surface area is 122 Å². The summed E-state index contributed by atoms with van der Waals surface area (Å²) in [5.74, 6) is 0.0749. The van der Waals surface area contributed by atoms with E-state index in [-0.39, 0.29) is 17.8 Å². The third-order valence-corrected chi connectivity index (χ3v) is 4.02. The third kappa shape index (κ3) is 3.38. The fourth-order valence-corrected chi connectivity index (χ4v) is 2.86. The maximum Gasteiger partial charge on any atom is 0.310 e. The summed E-state index contributed by atoms with van der Waals surface area (Å²) in [6.07, 6.45) is 0. The number of hydrogen-bond acceptors (Lipinski definition) is 4. The first-order valence-electron chi connectivity index (χ1n) is 6.12. The van der Waals surface area contributed by atoms with Crippen LogP contribution in [-0.2, 0) is 16.1 Å². The lowest BCUT2D eigenvalue weighted by Gasteiger charge is -2.16. The first-order chi connectivity index (χ1) is 9.01. The van der Waals surface area contributed by atoms with Crippen molar-refractivity contribution in [3.05, 3.63) is 28.0 Å². The van der Waals surface area contributed by atoms with Crippen molar-refractivity contribution in [2.45, 2.75) is 13.5 Å². The van der Waals surface area contributed by atoms with Crippen molar-refractivity contribution in [1.29, 1.82) is 0 Å². The molecule has 0 spiro atoms. The van der Waals surface area contributed by atoms with Crippen molar-refractivity contribution < 1.29 is 9.53 Å². The second-order valence-corrected chi connectivity index (χ2v) is 5.63. The molecular weight excluding hydrogens is 287 g/mol. The van der Waals surface area contributed by atoms with E-state index in [9.17, 15) is 4.79 Å². The predicted molar refractivity (Wildman–Crippen MR) is 74.2 cm³/mol. The van der Waals surface area contributed by atoms with Gasteiger partial charge in [-0.3, -0.25) is 9.69 Å². The molecular formula is C13H16Cl2N2O2. The highest BCUT2D eigenvalue weighted by Gasteiger charge is 2.35. The molecule has 2 atom stereocenters. The van der Waals surface area contributed by atoms with Gasteiger partial charge in [0.05, 0.1) is 13.0 Å². The Balaban J connectivity index is 2.03. The Morgan fingerprint density at radius 3 is 2.84 bits per heavy atom. The smallest absolute Gasteiger partial charge is 0.310 e. The monoisotopic (exact) mass is 302 g/mol. The summed E-state index contributed by atoms with van der Waals surface area (Å²) in [6.45, 7) is 4.26. The molecule has 0 aliphatic carbocycles. The van der Waals surface area contributed by atoms with Crippen LogP contribution in [0, 0.1) is 11.8 Å². The van der Waals surface area contributed by atoms with E-state index in [0.717, 1.165) is 12.1 Å². The minimum Gasteiger partial charge on any atom is -0.469 e. The number of likely N-dealkylation sites (tertiary alicyclic amines) is 1. The number of pyridine rings is 1. The molecule has 19 heavy (non-hydrogen) atoms. The summed E-state index contributed by atoms with van der Waals surface area (Å²) >= 11 is 11.8. The highest BCUT2D eigenvalue weighted by atomic mass is 35.5. The second-order valence-electron chi connectivity index (χ2n) is 4.88. The fraction of sp³-hybridized carbons (Fsp3) is 0.538. The van der Waals surface area contributed by atoms with E-state index in [0.29, 0.717) is 23.4 Å². The van der Waals surface area contributed by atoms with E-state index < -0.39 is 0 Å². The van der Waals surface area contributed by atoms with Crippen molar-refractivity contribution in [1.82, 2.24) is 9.88 Å². The Morgan fingerprint density at radius 1 is 1.47 bits per heavy atom. The van der Waals surface area contributed by atoms with Gasteiger partial charge in [0.15, 0.2) is 0 Å². The summed E-state index contributed by atoms with van der Waals surface area (Å²) in [5, 5.41) is 0.803. The quantitative estimate of drug-likeness (QED) is 0.636. The minimum atomic E-state index is -0.143. The molecule has 0 amide bonds. The number of rotatable bonds is 3. The average molecular weight is 303 g/mol. The highest BCUT2D eigenvalue weighted by Crippen LogP contribution is 2.27. The van der Waals surface area contributed by atoms with Crippen molar-refractivity contribution in [3.63, 3.8) is 0 Å². The molecule has 2 unspecified atom stereocenters. The van der Waals surface area contributed by atoms with E-state index >= 15 is 0 Å². The first kappa shape index (κ1) is 14.6. The normalized spacial score (nSPS) is 23.6. The molecule has 1 aliphatic rings. The summed E-state index contributed by atoms with van der Waals surface area (Å²) < 4.78 is 4.82. The van der Waals surface area contributed by atoms with Gasteiger partial charge in [-0.2, -0.15) is 0 Å². The number of esters is 1. The van der Waals surface area contributed by atoms with Crippen molar-refractivity contribution >= 4 is 29.2 Å². The zero-order valence-electron chi connectivity index (χ0n) is 10.9. The zero-order chi connectivity index (χ0) is 14.0. The maximum atomic E-state index is 11.6. The van der Waals surface area contributed by atoms with Crippen molar-refractivity contribution in [3.8, 4) is 0 Å². The number of carbonyl (C=O) groups excluding carboxylic acids is 1. The summed E-state index contributed by atoms with van der Waals surface area (Å²) in [6, 6.07) is 3.59. The van der Waals surface area contributed by atoms with Gasteiger partial charge in [0.2, 0.25) is 0 Å². The van der Waals surface area contributed by atoms with Gasteiger partial charge >= 0.3 is 5.97 Å². The lowest BCUT2D eigenvalue weighted by Crippen LogP contribution is -2.24. The van der Waals surface area contributed by atoms with Gasteiger partial charge in [-0.25, -0.2) is 4.98 Å². The van der Waals surface area contributed by atoms with Gasteiger partial charge in [-0.1, -0.05) is 36.2 Å². The van der Waals surface area contributed by atoms with Gasteiger partial charge in [-0.05, 0) is 12.0 Å². The van der Waals surface area contributed by atoms with E-state index in [4.69, 9.17) is 27.9 Å². The van der Waals surface area contributed by atoms with E-state index in [2.05, 4.69) is 16.8 Å². The maximum absolute atomic E-state index is 11.6. The molecule has 1 aliphatic heterocycles.